The SMILES string of the molecule is CC(C)[Si](C#Cc1cc(N(C)CCN(C)C)ncc1C(N)=O)(C(C)C)C(C)C. The highest BCUT2D eigenvalue weighted by atomic mass is 28.3. The molecular weight excluding hydrogens is 364 g/mol. The molecule has 0 aliphatic carbocycles. The van der Waals surface area contributed by atoms with E-state index in [-0.39, 0.29) is 0 Å². The molecule has 2 N–H and O–H groups in total. The van der Waals surface area contributed by atoms with Gasteiger partial charge in [-0.2, -0.15) is 0 Å². The van der Waals surface area contributed by atoms with E-state index < -0.39 is 14.0 Å². The van der Waals surface area contributed by atoms with Crippen molar-refractivity contribution in [2.24, 2.45) is 5.73 Å². The summed E-state index contributed by atoms with van der Waals surface area (Å²) in [7, 11) is 4.19. The lowest BCUT2D eigenvalue weighted by molar-refractivity contribution is 0.1000. The number of hydrogen-bond donors (Lipinski definition) is 1. The van der Waals surface area contributed by atoms with E-state index in [4.69, 9.17) is 5.73 Å². The van der Waals surface area contributed by atoms with Gasteiger partial charge in [-0.05, 0) is 36.8 Å². The van der Waals surface area contributed by atoms with Gasteiger partial charge in [0.2, 0.25) is 0 Å². The first kappa shape index (κ1) is 24.2. The summed E-state index contributed by atoms with van der Waals surface area (Å²) in [6.07, 6.45) is 1.57. The Balaban J connectivity index is 3.44. The first-order valence-corrected chi connectivity index (χ1v) is 12.4. The number of primary amides is 1. The molecule has 1 heterocycles. The van der Waals surface area contributed by atoms with Crippen LogP contribution in [0, 0.1) is 11.5 Å². The zero-order valence-corrected chi connectivity index (χ0v) is 20.1. The fraction of sp³-hybridized carbons (Fsp3) is 0.636. The van der Waals surface area contributed by atoms with Crippen molar-refractivity contribution in [2.75, 3.05) is 39.1 Å². The highest BCUT2D eigenvalue weighted by Gasteiger charge is 2.41. The van der Waals surface area contributed by atoms with Crippen LogP contribution in [0.25, 0.3) is 0 Å². The highest BCUT2D eigenvalue weighted by molar-refractivity contribution is 6.90. The zero-order chi connectivity index (χ0) is 21.6. The zero-order valence-electron chi connectivity index (χ0n) is 19.1. The van der Waals surface area contributed by atoms with Gasteiger partial charge in [0.1, 0.15) is 13.9 Å². The summed E-state index contributed by atoms with van der Waals surface area (Å²) in [5.41, 5.74) is 12.0. The molecule has 0 fully saturated rings. The van der Waals surface area contributed by atoms with Gasteiger partial charge >= 0.3 is 0 Å². The summed E-state index contributed by atoms with van der Waals surface area (Å²) in [6.45, 7) is 15.4. The minimum absolute atomic E-state index is 0.399. The van der Waals surface area contributed by atoms with Crippen molar-refractivity contribution < 1.29 is 4.79 Å². The second-order valence-electron chi connectivity index (χ2n) is 8.82. The molecule has 0 bridgehead atoms. The van der Waals surface area contributed by atoms with Crippen LogP contribution in [0.4, 0.5) is 5.82 Å². The number of nitrogens with two attached hydrogens (primary N) is 1. The Kier molecular flexibility index (Phi) is 8.71. The molecule has 28 heavy (non-hydrogen) atoms. The fourth-order valence-corrected chi connectivity index (χ4v) is 9.24. The Morgan fingerprint density at radius 2 is 1.61 bits per heavy atom. The molecule has 0 spiro atoms. The molecule has 156 valence electrons. The van der Waals surface area contributed by atoms with Crippen LogP contribution in [0.3, 0.4) is 0 Å². The lowest BCUT2D eigenvalue weighted by atomic mass is 10.1. The van der Waals surface area contributed by atoms with Crippen molar-refractivity contribution in [1.82, 2.24) is 9.88 Å². The molecule has 1 aromatic rings. The summed E-state index contributed by atoms with van der Waals surface area (Å²) < 4.78 is 0. The van der Waals surface area contributed by atoms with Gasteiger partial charge in [0.25, 0.3) is 5.91 Å². The van der Waals surface area contributed by atoms with Crippen LogP contribution in [-0.4, -0.2) is 58.1 Å². The molecule has 0 aliphatic rings. The van der Waals surface area contributed by atoms with Crippen molar-refractivity contribution >= 4 is 19.8 Å². The number of nitrogens with zero attached hydrogens (tertiary/aromatic N) is 3. The maximum absolute atomic E-state index is 11.9. The van der Waals surface area contributed by atoms with Gasteiger partial charge in [-0.3, -0.25) is 4.79 Å². The third-order valence-corrected chi connectivity index (χ3v) is 12.0. The van der Waals surface area contributed by atoms with Crippen LogP contribution >= 0.6 is 0 Å². The van der Waals surface area contributed by atoms with E-state index in [1.165, 1.54) is 0 Å². The topological polar surface area (TPSA) is 62.5 Å². The first-order valence-electron chi connectivity index (χ1n) is 10.1. The lowest BCUT2D eigenvalue weighted by Gasteiger charge is -2.38. The average molecular weight is 403 g/mol. The third kappa shape index (κ3) is 5.59. The van der Waals surface area contributed by atoms with E-state index in [0.29, 0.717) is 27.8 Å². The van der Waals surface area contributed by atoms with Crippen LogP contribution in [0.15, 0.2) is 12.3 Å². The first-order chi connectivity index (χ1) is 12.9. The lowest BCUT2D eigenvalue weighted by Crippen LogP contribution is -2.43. The van der Waals surface area contributed by atoms with Gasteiger partial charge in [-0.15, -0.1) is 5.54 Å². The predicted octanol–water partition coefficient (Wildman–Crippen LogP) is 3.75. The maximum Gasteiger partial charge on any atom is 0.251 e. The molecular formula is C22H38N4OSi. The van der Waals surface area contributed by atoms with Gasteiger partial charge in [0.15, 0.2) is 0 Å². The van der Waals surface area contributed by atoms with E-state index in [9.17, 15) is 4.79 Å². The number of anilines is 1. The smallest absolute Gasteiger partial charge is 0.251 e. The molecule has 5 nitrogen and oxygen atoms in total. The number of hydrogen-bond acceptors (Lipinski definition) is 4. The molecule has 1 aromatic heterocycles. The van der Waals surface area contributed by atoms with Gasteiger partial charge in [0.05, 0.1) is 5.56 Å². The van der Waals surface area contributed by atoms with Crippen molar-refractivity contribution in [3.8, 4) is 11.5 Å². The van der Waals surface area contributed by atoms with Crippen LogP contribution in [-0.2, 0) is 0 Å². The summed E-state index contributed by atoms with van der Waals surface area (Å²) in [6, 6.07) is 1.91. The molecule has 1 amide bonds. The quantitative estimate of drug-likeness (QED) is 0.531. The van der Waals surface area contributed by atoms with E-state index in [1.54, 1.807) is 6.20 Å². The Hall–Kier alpha value is -1.84. The largest absolute Gasteiger partial charge is 0.366 e. The van der Waals surface area contributed by atoms with Crippen molar-refractivity contribution in [2.45, 2.75) is 58.2 Å². The van der Waals surface area contributed by atoms with Crippen molar-refractivity contribution in [1.29, 1.82) is 0 Å². The van der Waals surface area contributed by atoms with Gasteiger partial charge in [-0.1, -0.05) is 47.5 Å². The number of aromatic nitrogens is 1. The maximum atomic E-state index is 11.9. The Bertz CT molecular complexity index is 710. The predicted molar refractivity (Wildman–Crippen MR) is 123 cm³/mol. The number of carbonyl (C=O) groups is 1. The normalized spacial score (nSPS) is 11.9. The summed E-state index contributed by atoms with van der Waals surface area (Å²) >= 11 is 0. The number of likely N-dealkylation sites (N-methyl/N-ethyl adjacent to an activating group) is 2. The van der Waals surface area contributed by atoms with Gasteiger partial charge < -0.3 is 15.5 Å². The molecule has 0 saturated heterocycles. The fourth-order valence-electron chi connectivity index (χ4n) is 4.03. The third-order valence-electron chi connectivity index (χ3n) is 5.71. The minimum Gasteiger partial charge on any atom is -0.366 e. The standard InChI is InChI=1S/C22H38N4OSi/c1-16(2)28(17(3)4,18(5)6)13-10-19-14-21(24-15-20(19)22(23)27)26(9)12-11-25(7)8/h14-18H,11-12H2,1-9H3,(H2,23,27). The molecule has 6 heteroatoms. The molecule has 0 saturated carbocycles. The Labute approximate surface area is 172 Å². The monoisotopic (exact) mass is 402 g/mol. The molecule has 0 atom stereocenters. The van der Waals surface area contributed by atoms with Crippen LogP contribution in [0.5, 0.6) is 0 Å². The molecule has 0 unspecified atom stereocenters. The van der Waals surface area contributed by atoms with Crippen LogP contribution in [0.1, 0.15) is 57.5 Å². The molecule has 1 rings (SSSR count). The number of rotatable bonds is 8. The minimum atomic E-state index is -1.90. The van der Waals surface area contributed by atoms with E-state index in [2.05, 4.69) is 67.8 Å². The van der Waals surface area contributed by atoms with Gasteiger partial charge in [0, 0.05) is 31.9 Å². The second-order valence-corrected chi connectivity index (χ2v) is 14.4. The Morgan fingerprint density at radius 1 is 1.07 bits per heavy atom. The van der Waals surface area contributed by atoms with Crippen LogP contribution < -0.4 is 10.6 Å². The van der Waals surface area contributed by atoms with Crippen molar-refractivity contribution in [3.63, 3.8) is 0 Å². The number of pyridine rings is 1. The summed E-state index contributed by atoms with van der Waals surface area (Å²) in [4.78, 5) is 20.6. The number of amides is 1. The molecule has 0 aliphatic heterocycles. The summed E-state index contributed by atoms with van der Waals surface area (Å²) in [5, 5.41) is 0. The van der Waals surface area contributed by atoms with E-state index in [1.807, 2.05) is 27.2 Å². The average Bonchev–Trinajstić information content (AvgIpc) is 2.58. The second kappa shape index (κ2) is 10.1. The molecule has 0 radical (unpaired) electrons. The highest BCUT2D eigenvalue weighted by Crippen LogP contribution is 2.40. The van der Waals surface area contributed by atoms with Gasteiger partial charge in [-0.25, -0.2) is 4.98 Å². The van der Waals surface area contributed by atoms with Crippen molar-refractivity contribution in [3.05, 3.63) is 23.4 Å². The number of carbonyl (C=O) groups excluding carboxylic acids is 1. The Morgan fingerprint density at radius 3 is 2.04 bits per heavy atom. The molecule has 0 aromatic carbocycles. The van der Waals surface area contributed by atoms with Crippen LogP contribution in [0.2, 0.25) is 16.6 Å². The van der Waals surface area contributed by atoms with E-state index in [0.717, 1.165) is 18.9 Å². The summed E-state index contributed by atoms with van der Waals surface area (Å²) in [5.74, 6) is 3.70. The van der Waals surface area contributed by atoms with E-state index >= 15 is 0 Å².